The summed E-state index contributed by atoms with van der Waals surface area (Å²) in [5.74, 6) is -0.654. The van der Waals surface area contributed by atoms with Gasteiger partial charge in [0.1, 0.15) is 0 Å². The number of rotatable bonds is 6. The van der Waals surface area contributed by atoms with E-state index in [1.165, 1.54) is 4.68 Å². The van der Waals surface area contributed by atoms with Crippen molar-refractivity contribution < 1.29 is 14.3 Å². The van der Waals surface area contributed by atoms with Gasteiger partial charge in [-0.15, -0.1) is 12.4 Å². The second-order valence-corrected chi connectivity index (χ2v) is 4.47. The molecular formula is C15H19ClN4O3. The molecule has 0 aliphatic carbocycles. The second-order valence-electron chi connectivity index (χ2n) is 4.47. The Morgan fingerprint density at radius 2 is 2.04 bits per heavy atom. The Balaban J connectivity index is 0.00000264. The molecular weight excluding hydrogens is 320 g/mol. The number of halogens is 1. The summed E-state index contributed by atoms with van der Waals surface area (Å²) in [5.41, 5.74) is 6.83. The van der Waals surface area contributed by atoms with E-state index in [0.29, 0.717) is 11.4 Å². The van der Waals surface area contributed by atoms with Crippen molar-refractivity contribution in [3.8, 4) is 5.69 Å². The van der Waals surface area contributed by atoms with Gasteiger partial charge >= 0.3 is 5.97 Å². The Morgan fingerprint density at radius 1 is 1.30 bits per heavy atom. The molecule has 7 nitrogen and oxygen atoms in total. The molecule has 1 aromatic carbocycles. The van der Waals surface area contributed by atoms with E-state index in [-0.39, 0.29) is 43.6 Å². The maximum absolute atomic E-state index is 11.7. The van der Waals surface area contributed by atoms with E-state index in [1.54, 1.807) is 37.4 Å². The van der Waals surface area contributed by atoms with Crippen LogP contribution in [-0.4, -0.2) is 34.8 Å². The first-order valence-electron chi connectivity index (χ1n) is 6.97. The summed E-state index contributed by atoms with van der Waals surface area (Å²) in [6.45, 7) is 2.30. The third-order valence-electron chi connectivity index (χ3n) is 2.87. The van der Waals surface area contributed by atoms with Crippen molar-refractivity contribution in [3.63, 3.8) is 0 Å². The van der Waals surface area contributed by atoms with Crippen LogP contribution in [0, 0.1) is 0 Å². The van der Waals surface area contributed by atoms with E-state index in [2.05, 4.69) is 10.4 Å². The first kappa shape index (κ1) is 18.7. The Labute approximate surface area is 140 Å². The number of esters is 1. The van der Waals surface area contributed by atoms with Crippen LogP contribution in [0.1, 0.15) is 23.8 Å². The van der Waals surface area contributed by atoms with Gasteiger partial charge in [-0.05, 0) is 25.1 Å². The van der Waals surface area contributed by atoms with Crippen molar-refractivity contribution in [2.75, 3.05) is 18.5 Å². The number of anilines is 1. The number of carbonyl (C=O) groups is 2. The summed E-state index contributed by atoms with van der Waals surface area (Å²) < 4.78 is 6.42. The SMILES string of the molecule is CCOC(=O)c1ccn(-c2ccccc2NC(=O)CCN)n1.Cl. The molecule has 1 heterocycles. The summed E-state index contributed by atoms with van der Waals surface area (Å²) in [7, 11) is 0. The van der Waals surface area contributed by atoms with Gasteiger partial charge in [0.05, 0.1) is 18.0 Å². The van der Waals surface area contributed by atoms with Crippen molar-refractivity contribution >= 4 is 30.0 Å². The molecule has 124 valence electrons. The molecule has 0 radical (unpaired) electrons. The van der Waals surface area contributed by atoms with Gasteiger partial charge in [-0.2, -0.15) is 5.10 Å². The number of ether oxygens (including phenoxy) is 1. The fourth-order valence-corrected chi connectivity index (χ4v) is 1.89. The third-order valence-corrected chi connectivity index (χ3v) is 2.87. The number of carbonyl (C=O) groups excluding carboxylic acids is 2. The van der Waals surface area contributed by atoms with Crippen LogP contribution in [0.4, 0.5) is 5.69 Å². The average Bonchev–Trinajstić information content (AvgIpc) is 2.98. The molecule has 0 saturated heterocycles. The minimum Gasteiger partial charge on any atom is -0.461 e. The Kier molecular flexibility index (Phi) is 7.24. The lowest BCUT2D eigenvalue weighted by molar-refractivity contribution is -0.116. The molecule has 0 saturated carbocycles. The summed E-state index contributed by atoms with van der Waals surface area (Å²) in [6, 6.07) is 8.74. The van der Waals surface area contributed by atoms with Crippen molar-refractivity contribution in [2.45, 2.75) is 13.3 Å². The molecule has 3 N–H and O–H groups in total. The number of hydrogen-bond donors (Lipinski definition) is 2. The monoisotopic (exact) mass is 338 g/mol. The molecule has 1 aromatic heterocycles. The number of para-hydroxylation sites is 2. The van der Waals surface area contributed by atoms with Crippen molar-refractivity contribution in [1.82, 2.24) is 9.78 Å². The van der Waals surface area contributed by atoms with Gasteiger partial charge in [-0.1, -0.05) is 12.1 Å². The van der Waals surface area contributed by atoms with E-state index >= 15 is 0 Å². The molecule has 23 heavy (non-hydrogen) atoms. The molecule has 0 aliphatic heterocycles. The number of nitrogens with one attached hydrogen (secondary N) is 1. The standard InChI is InChI=1S/C15H18N4O3.ClH/c1-2-22-15(21)12-8-10-19(18-12)13-6-4-3-5-11(13)17-14(20)7-9-16;/h3-6,8,10H,2,7,9,16H2,1H3,(H,17,20);1H. The molecule has 0 fully saturated rings. The molecule has 0 atom stereocenters. The van der Waals surface area contributed by atoms with Crippen LogP contribution >= 0.6 is 12.4 Å². The van der Waals surface area contributed by atoms with Crippen LogP contribution in [0.2, 0.25) is 0 Å². The van der Waals surface area contributed by atoms with E-state index in [0.717, 1.165) is 0 Å². The quantitative estimate of drug-likeness (QED) is 0.782. The number of nitrogens with zero attached hydrogens (tertiary/aromatic N) is 2. The molecule has 0 aliphatic rings. The second kappa shape index (κ2) is 8.92. The summed E-state index contributed by atoms with van der Waals surface area (Å²) in [6.07, 6.45) is 1.88. The molecule has 8 heteroatoms. The lowest BCUT2D eigenvalue weighted by atomic mass is 10.2. The van der Waals surface area contributed by atoms with Crippen LogP contribution in [0.5, 0.6) is 0 Å². The summed E-state index contributed by atoms with van der Waals surface area (Å²) >= 11 is 0. The van der Waals surface area contributed by atoms with E-state index in [9.17, 15) is 9.59 Å². The fraction of sp³-hybridized carbons (Fsp3) is 0.267. The summed E-state index contributed by atoms with van der Waals surface area (Å²) in [4.78, 5) is 23.4. The fourth-order valence-electron chi connectivity index (χ4n) is 1.89. The minimum atomic E-state index is -0.481. The minimum absolute atomic E-state index is 0. The largest absolute Gasteiger partial charge is 0.461 e. The molecule has 2 rings (SSSR count). The van der Waals surface area contributed by atoms with Crippen molar-refractivity contribution in [1.29, 1.82) is 0 Å². The Hall–Kier alpha value is -2.38. The van der Waals surface area contributed by atoms with Gasteiger partial charge < -0.3 is 15.8 Å². The zero-order chi connectivity index (χ0) is 15.9. The lowest BCUT2D eigenvalue weighted by Gasteiger charge is -2.10. The highest BCUT2D eigenvalue weighted by Crippen LogP contribution is 2.19. The van der Waals surface area contributed by atoms with Crippen LogP contribution < -0.4 is 11.1 Å². The highest BCUT2D eigenvalue weighted by atomic mass is 35.5. The summed E-state index contributed by atoms with van der Waals surface area (Å²) in [5, 5.41) is 6.96. The average molecular weight is 339 g/mol. The molecule has 0 bridgehead atoms. The smallest absolute Gasteiger partial charge is 0.358 e. The van der Waals surface area contributed by atoms with E-state index in [4.69, 9.17) is 10.5 Å². The molecule has 0 spiro atoms. The van der Waals surface area contributed by atoms with Gasteiger partial charge in [-0.25, -0.2) is 9.48 Å². The highest BCUT2D eigenvalue weighted by Gasteiger charge is 2.13. The maximum atomic E-state index is 11.7. The third kappa shape index (κ3) is 4.80. The molecule has 1 amide bonds. The highest BCUT2D eigenvalue weighted by molar-refractivity contribution is 5.93. The lowest BCUT2D eigenvalue weighted by Crippen LogP contribution is -2.17. The number of nitrogens with two attached hydrogens (primary N) is 1. The van der Waals surface area contributed by atoms with Gasteiger partial charge in [0.2, 0.25) is 5.91 Å². The molecule has 0 unspecified atom stereocenters. The van der Waals surface area contributed by atoms with Gasteiger partial charge in [0.15, 0.2) is 5.69 Å². The van der Waals surface area contributed by atoms with E-state index < -0.39 is 5.97 Å². The van der Waals surface area contributed by atoms with Gasteiger partial charge in [-0.3, -0.25) is 4.79 Å². The van der Waals surface area contributed by atoms with Crippen molar-refractivity contribution in [3.05, 3.63) is 42.2 Å². The van der Waals surface area contributed by atoms with E-state index in [1.807, 2.05) is 6.07 Å². The first-order valence-corrected chi connectivity index (χ1v) is 6.97. The topological polar surface area (TPSA) is 99.2 Å². The predicted molar refractivity (Wildman–Crippen MR) is 89.1 cm³/mol. The zero-order valence-electron chi connectivity index (χ0n) is 12.7. The van der Waals surface area contributed by atoms with Crippen LogP contribution in [0.25, 0.3) is 5.69 Å². The number of benzene rings is 1. The number of aromatic nitrogens is 2. The number of hydrogen-bond acceptors (Lipinski definition) is 5. The van der Waals surface area contributed by atoms with Crippen LogP contribution in [0.15, 0.2) is 36.5 Å². The van der Waals surface area contributed by atoms with Crippen molar-refractivity contribution in [2.24, 2.45) is 5.73 Å². The predicted octanol–water partition coefficient (Wildman–Crippen LogP) is 1.76. The van der Waals surface area contributed by atoms with Crippen LogP contribution in [0.3, 0.4) is 0 Å². The Bertz CT molecular complexity index is 672. The molecule has 2 aromatic rings. The number of amides is 1. The van der Waals surface area contributed by atoms with Gasteiger partial charge in [0.25, 0.3) is 0 Å². The normalized spacial score (nSPS) is 9.83. The Morgan fingerprint density at radius 3 is 2.74 bits per heavy atom. The first-order chi connectivity index (χ1) is 10.7. The van der Waals surface area contributed by atoms with Crippen LogP contribution in [-0.2, 0) is 9.53 Å². The zero-order valence-corrected chi connectivity index (χ0v) is 13.5. The maximum Gasteiger partial charge on any atom is 0.358 e. The van der Waals surface area contributed by atoms with Gasteiger partial charge in [0, 0.05) is 19.2 Å².